The van der Waals surface area contributed by atoms with Gasteiger partial charge in [0.25, 0.3) is 0 Å². The van der Waals surface area contributed by atoms with Crippen LogP contribution in [0.1, 0.15) is 0 Å². The maximum absolute atomic E-state index is 5.68. The third kappa shape index (κ3) is 1.17. The number of hydrogen-bond donors (Lipinski definition) is 1. The van der Waals surface area contributed by atoms with Crippen molar-refractivity contribution < 1.29 is 0 Å². The number of anilines is 2. The smallest absolute Gasteiger partial charge is 0.159 e. The van der Waals surface area contributed by atoms with Crippen LogP contribution in [0.5, 0.6) is 0 Å². The number of nitrogens with zero attached hydrogens (tertiary/aromatic N) is 4. The predicted molar refractivity (Wildman–Crippen MR) is 57.2 cm³/mol. The summed E-state index contributed by atoms with van der Waals surface area (Å²) in [6.07, 6.45) is 1.64. The maximum Gasteiger partial charge on any atom is 0.159 e. The van der Waals surface area contributed by atoms with Gasteiger partial charge in [0.1, 0.15) is 0 Å². The second-order valence-corrected chi connectivity index (χ2v) is 3.48. The highest BCUT2D eigenvalue weighted by atomic mass is 15.3. The highest BCUT2D eigenvalue weighted by molar-refractivity contribution is 5.89. The van der Waals surface area contributed by atoms with Crippen molar-refractivity contribution in [2.75, 3.05) is 24.7 Å². The molecule has 0 unspecified atom stereocenters. The fourth-order valence-electron chi connectivity index (χ4n) is 1.47. The molecule has 2 aromatic rings. The Morgan fingerprint density at radius 2 is 2.14 bits per heavy atom. The van der Waals surface area contributed by atoms with Crippen molar-refractivity contribution in [2.45, 2.75) is 0 Å². The molecule has 74 valence electrons. The van der Waals surface area contributed by atoms with Gasteiger partial charge in [-0.3, -0.25) is 0 Å². The average molecular weight is 191 g/mol. The van der Waals surface area contributed by atoms with Crippen LogP contribution in [0.25, 0.3) is 11.0 Å². The van der Waals surface area contributed by atoms with Gasteiger partial charge in [0.2, 0.25) is 0 Å². The molecule has 0 spiro atoms. The zero-order valence-electron chi connectivity index (χ0n) is 8.52. The summed E-state index contributed by atoms with van der Waals surface area (Å²) in [5.41, 5.74) is 7.19. The summed E-state index contributed by atoms with van der Waals surface area (Å²) in [6, 6.07) is 1.89. The fraction of sp³-hybridized carbons (Fsp3) is 0.333. The monoisotopic (exact) mass is 191 g/mol. The number of hydrogen-bond acceptors (Lipinski definition) is 4. The van der Waals surface area contributed by atoms with Crippen LogP contribution in [0.3, 0.4) is 0 Å². The van der Waals surface area contributed by atoms with E-state index in [0.717, 1.165) is 16.9 Å². The molecule has 0 fully saturated rings. The van der Waals surface area contributed by atoms with E-state index in [9.17, 15) is 0 Å². The molecule has 0 radical (unpaired) electrons. The first-order valence-electron chi connectivity index (χ1n) is 4.35. The van der Waals surface area contributed by atoms with Crippen molar-refractivity contribution >= 4 is 22.5 Å². The van der Waals surface area contributed by atoms with Crippen LogP contribution in [0, 0.1) is 0 Å². The van der Waals surface area contributed by atoms with Gasteiger partial charge in [-0.15, -0.1) is 0 Å². The standard InChI is InChI=1S/C9H13N5/c1-13(2)9-7-4-6(10)5-11-8(7)14(3)12-9/h4-5H,10H2,1-3H3. The van der Waals surface area contributed by atoms with Gasteiger partial charge in [-0.25, -0.2) is 9.67 Å². The summed E-state index contributed by atoms with van der Waals surface area (Å²) in [4.78, 5) is 6.18. The summed E-state index contributed by atoms with van der Waals surface area (Å²) in [5.74, 6) is 0.891. The minimum Gasteiger partial charge on any atom is -0.397 e. The van der Waals surface area contributed by atoms with Crippen LogP contribution in [0.2, 0.25) is 0 Å². The van der Waals surface area contributed by atoms with E-state index in [4.69, 9.17) is 5.73 Å². The second kappa shape index (κ2) is 2.87. The van der Waals surface area contributed by atoms with Gasteiger partial charge < -0.3 is 10.6 Å². The van der Waals surface area contributed by atoms with Gasteiger partial charge in [-0.05, 0) is 6.07 Å². The first-order chi connectivity index (χ1) is 6.59. The number of fused-ring (bicyclic) bond motifs is 1. The minimum atomic E-state index is 0.661. The molecular weight excluding hydrogens is 178 g/mol. The lowest BCUT2D eigenvalue weighted by Gasteiger charge is -2.07. The molecule has 0 aliphatic carbocycles. The molecule has 2 N–H and O–H groups in total. The van der Waals surface area contributed by atoms with Crippen LogP contribution < -0.4 is 10.6 Å². The van der Waals surface area contributed by atoms with E-state index in [1.165, 1.54) is 0 Å². The molecule has 2 aromatic heterocycles. The Morgan fingerprint density at radius 3 is 2.79 bits per heavy atom. The van der Waals surface area contributed by atoms with Crippen LogP contribution in [0.4, 0.5) is 11.5 Å². The molecule has 0 saturated carbocycles. The van der Waals surface area contributed by atoms with Crippen LogP contribution in [-0.4, -0.2) is 28.9 Å². The quantitative estimate of drug-likeness (QED) is 0.717. The molecule has 5 nitrogen and oxygen atoms in total. The first kappa shape index (κ1) is 8.80. The first-order valence-corrected chi connectivity index (χ1v) is 4.35. The highest BCUT2D eigenvalue weighted by Gasteiger charge is 2.10. The van der Waals surface area contributed by atoms with Crippen molar-refractivity contribution in [1.82, 2.24) is 14.8 Å². The van der Waals surface area contributed by atoms with E-state index in [-0.39, 0.29) is 0 Å². The minimum absolute atomic E-state index is 0.661. The number of nitrogen functional groups attached to an aromatic ring is 1. The molecule has 2 heterocycles. The third-order valence-electron chi connectivity index (χ3n) is 2.10. The molecule has 5 heteroatoms. The van der Waals surface area contributed by atoms with Crippen LogP contribution >= 0.6 is 0 Å². The summed E-state index contributed by atoms with van der Waals surface area (Å²) < 4.78 is 1.75. The number of rotatable bonds is 1. The van der Waals surface area contributed by atoms with Gasteiger partial charge in [0, 0.05) is 21.1 Å². The Bertz CT molecular complexity index is 471. The molecule has 0 aliphatic heterocycles. The van der Waals surface area contributed by atoms with E-state index >= 15 is 0 Å². The molecule has 0 saturated heterocycles. The van der Waals surface area contributed by atoms with Crippen molar-refractivity contribution in [2.24, 2.45) is 7.05 Å². The van der Waals surface area contributed by atoms with Gasteiger partial charge in [0.15, 0.2) is 11.5 Å². The molecule has 0 amide bonds. The lowest BCUT2D eigenvalue weighted by molar-refractivity contribution is 0.780. The van der Waals surface area contributed by atoms with E-state index in [0.29, 0.717) is 5.69 Å². The second-order valence-electron chi connectivity index (χ2n) is 3.48. The molecule has 0 atom stereocenters. The van der Waals surface area contributed by atoms with E-state index in [1.807, 2.05) is 32.1 Å². The van der Waals surface area contributed by atoms with Gasteiger partial charge in [0.05, 0.1) is 17.3 Å². The summed E-state index contributed by atoms with van der Waals surface area (Å²) >= 11 is 0. The normalized spacial score (nSPS) is 10.8. The third-order valence-corrected chi connectivity index (χ3v) is 2.10. The summed E-state index contributed by atoms with van der Waals surface area (Å²) in [7, 11) is 5.77. The molecule has 14 heavy (non-hydrogen) atoms. The zero-order valence-corrected chi connectivity index (χ0v) is 8.52. The summed E-state index contributed by atoms with van der Waals surface area (Å²) in [5, 5.41) is 5.34. The average Bonchev–Trinajstić information content (AvgIpc) is 2.43. The highest BCUT2D eigenvalue weighted by Crippen LogP contribution is 2.23. The molecule has 0 bridgehead atoms. The van der Waals surface area contributed by atoms with E-state index in [1.54, 1.807) is 10.9 Å². The number of aryl methyl sites for hydroxylation is 1. The molecular formula is C9H13N5. The molecule has 2 rings (SSSR count). The van der Waals surface area contributed by atoms with Crippen LogP contribution in [-0.2, 0) is 7.05 Å². The van der Waals surface area contributed by atoms with Crippen molar-refractivity contribution in [1.29, 1.82) is 0 Å². The van der Waals surface area contributed by atoms with Crippen LogP contribution in [0.15, 0.2) is 12.3 Å². The Morgan fingerprint density at radius 1 is 1.43 bits per heavy atom. The number of aromatic nitrogens is 3. The number of nitrogens with two attached hydrogens (primary N) is 1. The topological polar surface area (TPSA) is 60.0 Å². The largest absolute Gasteiger partial charge is 0.397 e. The lowest BCUT2D eigenvalue weighted by atomic mass is 10.3. The Hall–Kier alpha value is -1.78. The zero-order chi connectivity index (χ0) is 10.3. The predicted octanol–water partition coefficient (Wildman–Crippen LogP) is 0.616. The Balaban J connectivity index is 2.79. The van der Waals surface area contributed by atoms with Gasteiger partial charge in [-0.1, -0.05) is 0 Å². The molecule has 0 aliphatic rings. The van der Waals surface area contributed by atoms with E-state index < -0.39 is 0 Å². The van der Waals surface area contributed by atoms with Crippen molar-refractivity contribution in [3.05, 3.63) is 12.3 Å². The molecule has 0 aromatic carbocycles. The fourth-order valence-corrected chi connectivity index (χ4v) is 1.47. The lowest BCUT2D eigenvalue weighted by Crippen LogP contribution is -2.09. The van der Waals surface area contributed by atoms with Crippen molar-refractivity contribution in [3.8, 4) is 0 Å². The van der Waals surface area contributed by atoms with Crippen molar-refractivity contribution in [3.63, 3.8) is 0 Å². The summed E-state index contributed by atoms with van der Waals surface area (Å²) in [6.45, 7) is 0. The maximum atomic E-state index is 5.68. The SMILES string of the molecule is CN(C)c1nn(C)c2ncc(N)cc12. The van der Waals surface area contributed by atoms with E-state index in [2.05, 4.69) is 10.1 Å². The van der Waals surface area contributed by atoms with Gasteiger partial charge >= 0.3 is 0 Å². The Kier molecular flexibility index (Phi) is 1.80. The Labute approximate surface area is 82.1 Å². The number of pyridine rings is 1. The van der Waals surface area contributed by atoms with Gasteiger partial charge in [-0.2, -0.15) is 5.10 Å².